The van der Waals surface area contributed by atoms with Crippen molar-refractivity contribution in [1.82, 2.24) is 0 Å². The predicted molar refractivity (Wildman–Crippen MR) is 175 cm³/mol. The first-order valence-electron chi connectivity index (χ1n) is 16.6. The Morgan fingerprint density at radius 1 is 0.889 bits per heavy atom. The Balaban J connectivity index is 1.11. The topological polar surface area (TPSA) is 82.1 Å². The van der Waals surface area contributed by atoms with Crippen LogP contribution in [-0.4, -0.2) is 35.9 Å². The van der Waals surface area contributed by atoms with Crippen LogP contribution in [0.15, 0.2) is 72.8 Å². The number of aliphatic hydroxyl groups is 1. The molecular formula is C39H48O6. The van der Waals surface area contributed by atoms with Gasteiger partial charge in [-0.2, -0.15) is 0 Å². The molecule has 0 heterocycles. The number of carbonyl (C=O) groups excluding carboxylic acids is 2. The Hall–Kier alpha value is -3.64. The number of benzene rings is 3. The van der Waals surface area contributed by atoms with Crippen molar-refractivity contribution < 1.29 is 28.9 Å². The van der Waals surface area contributed by atoms with Crippen molar-refractivity contribution in [1.29, 1.82) is 0 Å². The van der Waals surface area contributed by atoms with Crippen LogP contribution in [0.4, 0.5) is 0 Å². The van der Waals surface area contributed by atoms with Crippen LogP contribution in [0.25, 0.3) is 0 Å². The maximum atomic E-state index is 13.0. The molecule has 6 heteroatoms. The summed E-state index contributed by atoms with van der Waals surface area (Å²) in [4.78, 5) is 25.3. The SMILES string of the molecule is CC(C)Cc1ccc(C(C)C(=O)O[C@@H](C)CC[C@@H]2[C@H]3Cc4cccc(OCC(=O)OCc5ccccc5)c4C[C@H]3C[C@H]2O)cc1. The van der Waals surface area contributed by atoms with Gasteiger partial charge in [0, 0.05) is 0 Å². The summed E-state index contributed by atoms with van der Waals surface area (Å²) in [6.07, 6.45) is 4.40. The van der Waals surface area contributed by atoms with Gasteiger partial charge in [-0.15, -0.1) is 0 Å². The van der Waals surface area contributed by atoms with E-state index < -0.39 is 5.97 Å². The Morgan fingerprint density at radius 3 is 2.38 bits per heavy atom. The van der Waals surface area contributed by atoms with Gasteiger partial charge in [0.05, 0.1) is 18.1 Å². The van der Waals surface area contributed by atoms with Crippen molar-refractivity contribution in [2.75, 3.05) is 6.61 Å². The van der Waals surface area contributed by atoms with Gasteiger partial charge in [0.25, 0.3) is 0 Å². The fourth-order valence-corrected chi connectivity index (χ4v) is 7.19. The van der Waals surface area contributed by atoms with Gasteiger partial charge in [-0.1, -0.05) is 80.6 Å². The van der Waals surface area contributed by atoms with E-state index in [9.17, 15) is 14.7 Å². The molecule has 1 saturated carbocycles. The highest BCUT2D eigenvalue weighted by Gasteiger charge is 2.45. The molecule has 0 spiro atoms. The molecule has 0 saturated heterocycles. The zero-order valence-electron chi connectivity index (χ0n) is 27.1. The third-order valence-electron chi connectivity index (χ3n) is 9.64. The van der Waals surface area contributed by atoms with Crippen LogP contribution in [0.5, 0.6) is 5.75 Å². The lowest BCUT2D eigenvalue weighted by Gasteiger charge is -2.32. The summed E-state index contributed by atoms with van der Waals surface area (Å²) in [5.41, 5.74) is 5.55. The van der Waals surface area contributed by atoms with Crippen LogP contribution < -0.4 is 4.74 Å². The van der Waals surface area contributed by atoms with Crippen molar-refractivity contribution in [3.8, 4) is 5.75 Å². The fraction of sp³-hybridized carbons (Fsp3) is 0.487. The second-order valence-electron chi connectivity index (χ2n) is 13.5. The van der Waals surface area contributed by atoms with Crippen molar-refractivity contribution in [3.63, 3.8) is 0 Å². The first kappa shape index (κ1) is 32.7. The van der Waals surface area contributed by atoms with E-state index in [0.29, 0.717) is 17.8 Å². The second kappa shape index (κ2) is 15.1. The summed E-state index contributed by atoms with van der Waals surface area (Å²) in [7, 11) is 0. The van der Waals surface area contributed by atoms with Crippen molar-refractivity contribution in [2.24, 2.45) is 23.7 Å². The van der Waals surface area contributed by atoms with Crippen molar-refractivity contribution in [3.05, 3.63) is 101 Å². The van der Waals surface area contributed by atoms with E-state index in [4.69, 9.17) is 14.2 Å². The van der Waals surface area contributed by atoms with E-state index in [0.717, 1.165) is 61.0 Å². The van der Waals surface area contributed by atoms with Crippen molar-refractivity contribution >= 4 is 11.9 Å². The molecule has 0 aliphatic heterocycles. The van der Waals surface area contributed by atoms with Crippen LogP contribution in [0.2, 0.25) is 0 Å². The number of carbonyl (C=O) groups is 2. The summed E-state index contributed by atoms with van der Waals surface area (Å²) in [5, 5.41) is 11.1. The number of aliphatic hydroxyl groups excluding tert-OH is 1. The van der Waals surface area contributed by atoms with E-state index in [1.807, 2.05) is 68.4 Å². The van der Waals surface area contributed by atoms with Crippen LogP contribution in [-0.2, 0) is 44.9 Å². The van der Waals surface area contributed by atoms with E-state index >= 15 is 0 Å². The van der Waals surface area contributed by atoms with Gasteiger partial charge in [0.2, 0.25) is 0 Å². The van der Waals surface area contributed by atoms with Crippen molar-refractivity contribution in [2.45, 2.75) is 91.0 Å². The lowest BCUT2D eigenvalue weighted by atomic mass is 9.73. The minimum atomic E-state index is -0.398. The normalized spacial score (nSPS) is 21.8. The lowest BCUT2D eigenvalue weighted by molar-refractivity contribution is -0.150. The standard InChI is InChI=1S/C39H48O6/c1-25(2)19-28-14-16-30(17-15-28)27(4)39(42)45-26(3)13-18-33-34-20-31-11-8-12-37(35(31)21-32(34)22-36(33)40)43-24-38(41)44-23-29-9-6-5-7-10-29/h5-12,14-17,25-27,32-34,36,40H,13,18-24H2,1-4H3/t26-,27?,32-,33+,34-,36+/m0/s1. The minimum absolute atomic E-state index is 0.138. The molecule has 45 heavy (non-hydrogen) atoms. The Kier molecular flexibility index (Phi) is 11.0. The number of fused-ring (bicyclic) bond motifs is 2. The highest BCUT2D eigenvalue weighted by Crippen LogP contribution is 2.48. The monoisotopic (exact) mass is 612 g/mol. The van der Waals surface area contributed by atoms with Crippen LogP contribution in [0, 0.1) is 23.7 Å². The molecule has 0 radical (unpaired) electrons. The van der Waals surface area contributed by atoms with E-state index in [1.54, 1.807) is 0 Å². The molecule has 3 aromatic rings. The van der Waals surface area contributed by atoms with Gasteiger partial charge < -0.3 is 19.3 Å². The molecule has 3 aromatic carbocycles. The maximum Gasteiger partial charge on any atom is 0.344 e. The number of hydrogen-bond donors (Lipinski definition) is 1. The fourth-order valence-electron chi connectivity index (χ4n) is 7.19. The summed E-state index contributed by atoms with van der Waals surface area (Å²) in [5.74, 6) is 1.28. The molecule has 6 atom stereocenters. The first-order valence-corrected chi connectivity index (χ1v) is 16.6. The van der Waals surface area contributed by atoms with Gasteiger partial charge in [-0.3, -0.25) is 4.79 Å². The van der Waals surface area contributed by atoms with Gasteiger partial charge in [0.1, 0.15) is 12.4 Å². The van der Waals surface area contributed by atoms with Crippen LogP contribution >= 0.6 is 0 Å². The van der Waals surface area contributed by atoms with E-state index in [1.165, 1.54) is 11.1 Å². The smallest absolute Gasteiger partial charge is 0.344 e. The molecule has 2 aliphatic carbocycles. The van der Waals surface area contributed by atoms with Crippen LogP contribution in [0.1, 0.15) is 80.7 Å². The molecule has 1 fully saturated rings. The highest BCUT2D eigenvalue weighted by atomic mass is 16.6. The van der Waals surface area contributed by atoms with Gasteiger partial charge in [-0.25, -0.2) is 4.79 Å². The lowest BCUT2D eigenvalue weighted by Crippen LogP contribution is -2.28. The maximum absolute atomic E-state index is 13.0. The third kappa shape index (κ3) is 8.55. The Labute approximate surface area is 268 Å². The molecule has 1 N–H and O–H groups in total. The first-order chi connectivity index (χ1) is 21.7. The number of hydrogen-bond acceptors (Lipinski definition) is 6. The Morgan fingerprint density at radius 2 is 1.64 bits per heavy atom. The molecule has 0 aromatic heterocycles. The molecule has 0 amide bonds. The number of rotatable bonds is 13. The zero-order valence-corrected chi connectivity index (χ0v) is 27.1. The quantitative estimate of drug-likeness (QED) is 0.205. The second-order valence-corrected chi connectivity index (χ2v) is 13.5. The van der Waals surface area contributed by atoms with Crippen LogP contribution in [0.3, 0.4) is 0 Å². The molecule has 2 aliphatic rings. The predicted octanol–water partition coefficient (Wildman–Crippen LogP) is 7.23. The number of esters is 2. The molecular weight excluding hydrogens is 564 g/mol. The molecule has 1 unspecified atom stereocenters. The number of ether oxygens (including phenoxy) is 3. The molecule has 0 bridgehead atoms. The summed E-state index contributed by atoms with van der Waals surface area (Å²) in [6, 6.07) is 23.9. The third-order valence-corrected chi connectivity index (χ3v) is 9.64. The summed E-state index contributed by atoms with van der Waals surface area (Å²) in [6.45, 7) is 8.36. The summed E-state index contributed by atoms with van der Waals surface area (Å²) >= 11 is 0. The highest BCUT2D eigenvalue weighted by molar-refractivity contribution is 5.77. The van der Waals surface area contributed by atoms with Gasteiger partial charge in [-0.05, 0) is 110 Å². The van der Waals surface area contributed by atoms with E-state index in [2.05, 4.69) is 32.0 Å². The largest absolute Gasteiger partial charge is 0.482 e. The van der Waals surface area contributed by atoms with Gasteiger partial charge in [0.15, 0.2) is 6.61 Å². The van der Waals surface area contributed by atoms with Gasteiger partial charge >= 0.3 is 11.9 Å². The minimum Gasteiger partial charge on any atom is -0.482 e. The Bertz CT molecular complexity index is 1420. The van der Waals surface area contributed by atoms with E-state index in [-0.39, 0.29) is 43.2 Å². The average molecular weight is 613 g/mol. The summed E-state index contributed by atoms with van der Waals surface area (Å²) < 4.78 is 17.2. The molecule has 6 nitrogen and oxygen atoms in total. The average Bonchev–Trinajstić information content (AvgIpc) is 3.34. The molecule has 240 valence electrons. The molecule has 5 rings (SSSR count). The zero-order chi connectivity index (χ0) is 31.9.